The van der Waals surface area contributed by atoms with E-state index >= 15 is 0 Å². The van der Waals surface area contributed by atoms with Gasteiger partial charge in [-0.2, -0.15) is 0 Å². The Morgan fingerprint density at radius 1 is 1.16 bits per heavy atom. The Balaban J connectivity index is 1.84. The number of benzene rings is 2. The number of anilines is 1. The Morgan fingerprint density at radius 3 is 2.53 bits per heavy atom. The number of carbonyl (C=O) groups is 2. The predicted molar refractivity (Wildman–Crippen MR) is 120 cm³/mol. The number of rotatable bonds is 5. The number of hydrogen-bond acceptors (Lipinski definition) is 6. The van der Waals surface area contributed by atoms with Gasteiger partial charge in [0.05, 0.1) is 16.2 Å². The van der Waals surface area contributed by atoms with Crippen LogP contribution < -0.4 is 4.90 Å². The van der Waals surface area contributed by atoms with E-state index in [0.717, 1.165) is 17.7 Å². The number of aliphatic hydroxyl groups is 1. The van der Waals surface area contributed by atoms with Crippen molar-refractivity contribution in [3.05, 3.63) is 74.4 Å². The Labute approximate surface area is 189 Å². The van der Waals surface area contributed by atoms with Crippen LogP contribution in [0.3, 0.4) is 0 Å². The maximum atomic E-state index is 13.6. The van der Waals surface area contributed by atoms with Gasteiger partial charge in [-0.25, -0.2) is 4.90 Å². The van der Waals surface area contributed by atoms with Crippen molar-refractivity contribution in [3.63, 3.8) is 0 Å². The molecule has 0 aromatic heterocycles. The maximum Gasteiger partial charge on any atom is 0.282 e. The number of imide groups is 1. The van der Waals surface area contributed by atoms with Gasteiger partial charge in [0.1, 0.15) is 5.70 Å². The third kappa shape index (κ3) is 3.87. The molecule has 166 valence electrons. The Kier molecular flexibility index (Phi) is 5.99. The van der Waals surface area contributed by atoms with E-state index in [4.69, 9.17) is 11.6 Å². The molecule has 2 aliphatic heterocycles. The van der Waals surface area contributed by atoms with Crippen molar-refractivity contribution in [2.24, 2.45) is 5.92 Å². The van der Waals surface area contributed by atoms with E-state index < -0.39 is 16.7 Å². The zero-order valence-electron chi connectivity index (χ0n) is 17.5. The minimum absolute atomic E-state index is 0.000723. The Morgan fingerprint density at radius 2 is 1.88 bits per heavy atom. The Hall–Kier alpha value is -3.23. The van der Waals surface area contributed by atoms with Gasteiger partial charge in [0.25, 0.3) is 17.5 Å². The summed E-state index contributed by atoms with van der Waals surface area (Å²) in [5, 5.41) is 21.1. The molecule has 0 spiro atoms. The van der Waals surface area contributed by atoms with Crippen LogP contribution >= 0.6 is 11.6 Å². The standard InChI is InChI=1S/C23H22ClN3O5/c1-14-4-7-17(24)11-19(14)26-22(29)20(16-5-8-18(9-6-16)27(31)32)21(23(26)30)25-10-2-3-15(12-25)13-28/h4-9,11,15,28H,2-3,10,12-13H2,1H3. The number of aliphatic hydroxyl groups excluding tert-OH is 1. The summed E-state index contributed by atoms with van der Waals surface area (Å²) in [5.41, 5.74) is 1.89. The van der Waals surface area contributed by atoms with Crippen LogP contribution in [0.25, 0.3) is 5.57 Å². The first-order valence-electron chi connectivity index (χ1n) is 10.3. The molecule has 4 rings (SSSR count). The second-order valence-electron chi connectivity index (χ2n) is 8.04. The quantitative estimate of drug-likeness (QED) is 0.420. The van der Waals surface area contributed by atoms with E-state index in [-0.39, 0.29) is 29.5 Å². The van der Waals surface area contributed by atoms with Crippen molar-refractivity contribution >= 4 is 40.4 Å². The number of halogens is 1. The van der Waals surface area contributed by atoms with Crippen LogP contribution in [0.5, 0.6) is 0 Å². The highest BCUT2D eigenvalue weighted by Gasteiger charge is 2.43. The molecule has 32 heavy (non-hydrogen) atoms. The van der Waals surface area contributed by atoms with Gasteiger partial charge in [0, 0.05) is 36.9 Å². The molecule has 0 bridgehead atoms. The molecule has 2 amide bonds. The van der Waals surface area contributed by atoms with Crippen molar-refractivity contribution in [2.75, 3.05) is 24.6 Å². The molecule has 1 N–H and O–H groups in total. The minimum Gasteiger partial charge on any atom is -0.396 e. The van der Waals surface area contributed by atoms with Gasteiger partial charge >= 0.3 is 0 Å². The van der Waals surface area contributed by atoms with E-state index in [9.17, 15) is 24.8 Å². The first kappa shape index (κ1) is 22.0. The van der Waals surface area contributed by atoms with E-state index in [0.29, 0.717) is 34.9 Å². The second kappa shape index (κ2) is 8.72. The van der Waals surface area contributed by atoms with Crippen molar-refractivity contribution in [2.45, 2.75) is 19.8 Å². The highest BCUT2D eigenvalue weighted by molar-refractivity contribution is 6.45. The number of amides is 2. The number of piperidine rings is 1. The molecule has 0 saturated carbocycles. The zero-order chi connectivity index (χ0) is 23.0. The van der Waals surface area contributed by atoms with Gasteiger partial charge in [0.15, 0.2) is 0 Å². The lowest BCUT2D eigenvalue weighted by Crippen LogP contribution is -2.40. The lowest BCUT2D eigenvalue weighted by molar-refractivity contribution is -0.384. The number of likely N-dealkylation sites (tertiary alicyclic amines) is 1. The molecule has 2 aromatic carbocycles. The number of nitrogens with zero attached hydrogens (tertiary/aromatic N) is 3. The average Bonchev–Trinajstić information content (AvgIpc) is 3.05. The largest absolute Gasteiger partial charge is 0.396 e. The van der Waals surface area contributed by atoms with Gasteiger partial charge in [-0.3, -0.25) is 19.7 Å². The van der Waals surface area contributed by atoms with Crippen LogP contribution in [0.15, 0.2) is 48.2 Å². The van der Waals surface area contributed by atoms with E-state index in [1.54, 1.807) is 25.1 Å². The van der Waals surface area contributed by atoms with Gasteiger partial charge in [-0.15, -0.1) is 0 Å². The van der Waals surface area contributed by atoms with Crippen molar-refractivity contribution in [3.8, 4) is 0 Å². The molecule has 1 saturated heterocycles. The molecule has 9 heteroatoms. The molecule has 2 aromatic rings. The summed E-state index contributed by atoms with van der Waals surface area (Å²) >= 11 is 6.15. The number of aryl methyl sites for hydroxylation is 1. The fourth-order valence-corrected chi connectivity index (χ4v) is 4.45. The summed E-state index contributed by atoms with van der Waals surface area (Å²) in [6.07, 6.45) is 1.62. The van der Waals surface area contributed by atoms with Gasteiger partial charge < -0.3 is 10.0 Å². The number of hydrogen-bond donors (Lipinski definition) is 1. The molecule has 0 aliphatic carbocycles. The van der Waals surface area contributed by atoms with E-state index in [2.05, 4.69) is 0 Å². The van der Waals surface area contributed by atoms with Crippen molar-refractivity contribution < 1.29 is 19.6 Å². The van der Waals surface area contributed by atoms with E-state index in [1.165, 1.54) is 24.3 Å². The molecular formula is C23H22ClN3O5. The second-order valence-corrected chi connectivity index (χ2v) is 8.48. The molecule has 8 nitrogen and oxygen atoms in total. The van der Waals surface area contributed by atoms with Crippen LogP contribution in [0.4, 0.5) is 11.4 Å². The van der Waals surface area contributed by atoms with Crippen LogP contribution in [-0.4, -0.2) is 46.4 Å². The molecule has 0 radical (unpaired) electrons. The summed E-state index contributed by atoms with van der Waals surface area (Å²) in [7, 11) is 0. The van der Waals surface area contributed by atoms with Crippen LogP contribution in [0, 0.1) is 23.0 Å². The topological polar surface area (TPSA) is 104 Å². The number of nitro groups is 1. The third-order valence-corrected chi connectivity index (χ3v) is 6.17. The molecule has 2 aliphatic rings. The van der Waals surface area contributed by atoms with Crippen LogP contribution in [0.1, 0.15) is 24.0 Å². The SMILES string of the molecule is Cc1ccc(Cl)cc1N1C(=O)C(c2ccc([N+](=O)[O-])cc2)=C(N2CCCC(CO)C2)C1=O. The van der Waals surface area contributed by atoms with Crippen LogP contribution in [-0.2, 0) is 9.59 Å². The van der Waals surface area contributed by atoms with Gasteiger partial charge in [0.2, 0.25) is 0 Å². The Bertz CT molecular complexity index is 1130. The highest BCUT2D eigenvalue weighted by Crippen LogP contribution is 2.38. The summed E-state index contributed by atoms with van der Waals surface area (Å²) in [4.78, 5) is 40.7. The van der Waals surface area contributed by atoms with Crippen molar-refractivity contribution in [1.29, 1.82) is 0 Å². The number of nitro benzene ring substituents is 1. The number of non-ortho nitro benzene ring substituents is 1. The first-order chi connectivity index (χ1) is 15.3. The summed E-state index contributed by atoms with van der Waals surface area (Å²) in [5.74, 6) is -0.970. The normalized spacial score (nSPS) is 19.2. The summed E-state index contributed by atoms with van der Waals surface area (Å²) in [6, 6.07) is 10.6. The molecule has 1 fully saturated rings. The van der Waals surface area contributed by atoms with Gasteiger partial charge in [-0.05, 0) is 61.1 Å². The highest BCUT2D eigenvalue weighted by atomic mass is 35.5. The lowest BCUT2D eigenvalue weighted by atomic mass is 9.97. The predicted octanol–water partition coefficient (Wildman–Crippen LogP) is 3.55. The molecular weight excluding hydrogens is 434 g/mol. The number of carbonyl (C=O) groups excluding carboxylic acids is 2. The van der Waals surface area contributed by atoms with Crippen LogP contribution in [0.2, 0.25) is 5.02 Å². The average molecular weight is 456 g/mol. The molecule has 1 unspecified atom stereocenters. The monoisotopic (exact) mass is 455 g/mol. The summed E-state index contributed by atoms with van der Waals surface area (Å²) < 4.78 is 0. The fraction of sp³-hybridized carbons (Fsp3) is 0.304. The smallest absolute Gasteiger partial charge is 0.282 e. The summed E-state index contributed by atoms with van der Waals surface area (Å²) in [6.45, 7) is 2.81. The minimum atomic E-state index is -0.515. The first-order valence-corrected chi connectivity index (χ1v) is 10.7. The molecule has 1 atom stereocenters. The maximum absolute atomic E-state index is 13.6. The third-order valence-electron chi connectivity index (χ3n) is 5.93. The lowest BCUT2D eigenvalue weighted by Gasteiger charge is -2.34. The zero-order valence-corrected chi connectivity index (χ0v) is 18.2. The van der Waals surface area contributed by atoms with Gasteiger partial charge in [-0.1, -0.05) is 17.7 Å². The fourth-order valence-electron chi connectivity index (χ4n) is 4.28. The van der Waals surface area contributed by atoms with Crippen molar-refractivity contribution in [1.82, 2.24) is 4.90 Å². The molecule has 2 heterocycles. The van der Waals surface area contributed by atoms with E-state index in [1.807, 2.05) is 4.90 Å².